The molecule has 0 fully saturated rings. The van der Waals surface area contributed by atoms with Gasteiger partial charge in [-0.1, -0.05) is 58.3 Å². The maximum atomic E-state index is 11.5. The summed E-state index contributed by atoms with van der Waals surface area (Å²) in [7, 11) is 0. The van der Waals surface area contributed by atoms with Gasteiger partial charge in [-0.05, 0) is 18.6 Å². The van der Waals surface area contributed by atoms with Crippen molar-refractivity contribution < 1.29 is 9.21 Å². The Labute approximate surface area is 128 Å². The van der Waals surface area contributed by atoms with E-state index >= 15 is 0 Å². The standard InChI is InChI=1S/C17H28N2O2/c1-2-3-4-5-6-7-8-9-10-13-17(20)19-18-15-16-12-11-14-21-16/h11-12,14-15H,2-10,13H2,1H3,(H,19,20)/b18-15-. The van der Waals surface area contributed by atoms with Crippen molar-refractivity contribution in [3.63, 3.8) is 0 Å². The minimum absolute atomic E-state index is 0.0271. The maximum absolute atomic E-state index is 11.5. The summed E-state index contributed by atoms with van der Waals surface area (Å²) in [5.74, 6) is 0.610. The predicted molar refractivity (Wildman–Crippen MR) is 86.3 cm³/mol. The van der Waals surface area contributed by atoms with Crippen LogP contribution in [0.5, 0.6) is 0 Å². The van der Waals surface area contributed by atoms with E-state index in [0.717, 1.165) is 12.8 Å². The molecule has 1 heterocycles. The molecule has 0 atom stereocenters. The molecule has 0 saturated heterocycles. The lowest BCUT2D eigenvalue weighted by atomic mass is 10.1. The summed E-state index contributed by atoms with van der Waals surface area (Å²) < 4.78 is 5.08. The van der Waals surface area contributed by atoms with Gasteiger partial charge < -0.3 is 4.42 Å². The molecular formula is C17H28N2O2. The Hall–Kier alpha value is -1.58. The van der Waals surface area contributed by atoms with Crippen LogP contribution in [-0.4, -0.2) is 12.1 Å². The van der Waals surface area contributed by atoms with E-state index in [1.54, 1.807) is 18.4 Å². The Bertz CT molecular complexity index is 386. The molecule has 1 aromatic heterocycles. The fraction of sp³-hybridized carbons (Fsp3) is 0.647. The largest absolute Gasteiger partial charge is 0.463 e. The Morgan fingerprint density at radius 1 is 1.14 bits per heavy atom. The van der Waals surface area contributed by atoms with Crippen molar-refractivity contribution in [2.24, 2.45) is 5.10 Å². The molecule has 1 aromatic rings. The van der Waals surface area contributed by atoms with Gasteiger partial charge in [0.15, 0.2) is 0 Å². The van der Waals surface area contributed by atoms with Gasteiger partial charge in [-0.2, -0.15) is 5.10 Å². The fourth-order valence-electron chi connectivity index (χ4n) is 2.18. The van der Waals surface area contributed by atoms with E-state index in [-0.39, 0.29) is 5.91 Å². The van der Waals surface area contributed by atoms with Gasteiger partial charge in [0.2, 0.25) is 5.91 Å². The molecule has 0 unspecified atom stereocenters. The number of amides is 1. The lowest BCUT2D eigenvalue weighted by Gasteiger charge is -2.02. The Balaban J connectivity index is 1.89. The molecule has 1 N–H and O–H groups in total. The Morgan fingerprint density at radius 3 is 2.43 bits per heavy atom. The quantitative estimate of drug-likeness (QED) is 0.346. The molecule has 0 aliphatic carbocycles. The van der Waals surface area contributed by atoms with Gasteiger partial charge in [0, 0.05) is 6.42 Å². The third-order valence-corrected chi connectivity index (χ3v) is 3.43. The summed E-state index contributed by atoms with van der Waals surface area (Å²) in [6, 6.07) is 3.57. The van der Waals surface area contributed by atoms with Crippen LogP contribution in [0.15, 0.2) is 27.9 Å². The van der Waals surface area contributed by atoms with Crippen molar-refractivity contribution in [3.8, 4) is 0 Å². The smallest absolute Gasteiger partial charge is 0.240 e. The van der Waals surface area contributed by atoms with Gasteiger partial charge in [-0.25, -0.2) is 5.43 Å². The number of nitrogens with zero attached hydrogens (tertiary/aromatic N) is 1. The first-order chi connectivity index (χ1) is 10.3. The zero-order chi connectivity index (χ0) is 15.2. The second kappa shape index (κ2) is 12.2. The molecule has 0 spiro atoms. The van der Waals surface area contributed by atoms with E-state index in [1.807, 2.05) is 0 Å². The first-order valence-corrected chi connectivity index (χ1v) is 8.18. The topological polar surface area (TPSA) is 54.6 Å². The highest BCUT2D eigenvalue weighted by molar-refractivity contribution is 5.80. The maximum Gasteiger partial charge on any atom is 0.240 e. The van der Waals surface area contributed by atoms with Crippen molar-refractivity contribution in [1.29, 1.82) is 0 Å². The van der Waals surface area contributed by atoms with Gasteiger partial charge >= 0.3 is 0 Å². The van der Waals surface area contributed by atoms with Crippen LogP contribution in [0.2, 0.25) is 0 Å². The average molecular weight is 292 g/mol. The molecule has 0 saturated carbocycles. The number of nitrogens with one attached hydrogen (secondary N) is 1. The fourth-order valence-corrected chi connectivity index (χ4v) is 2.18. The highest BCUT2D eigenvalue weighted by atomic mass is 16.3. The number of hydrazone groups is 1. The Kier molecular flexibility index (Phi) is 10.1. The molecule has 0 aliphatic rings. The van der Waals surface area contributed by atoms with Crippen molar-refractivity contribution in [2.45, 2.75) is 71.1 Å². The molecule has 4 nitrogen and oxygen atoms in total. The predicted octanol–water partition coefficient (Wildman–Crippen LogP) is 4.65. The van der Waals surface area contributed by atoms with Crippen molar-refractivity contribution >= 4 is 12.1 Å². The van der Waals surface area contributed by atoms with Crippen molar-refractivity contribution in [2.75, 3.05) is 0 Å². The van der Waals surface area contributed by atoms with Crippen molar-refractivity contribution in [1.82, 2.24) is 5.43 Å². The Morgan fingerprint density at radius 2 is 1.81 bits per heavy atom. The van der Waals surface area contributed by atoms with E-state index in [2.05, 4.69) is 17.5 Å². The van der Waals surface area contributed by atoms with Gasteiger partial charge in [0.25, 0.3) is 0 Å². The first kappa shape index (κ1) is 17.5. The summed E-state index contributed by atoms with van der Waals surface area (Å²) in [4.78, 5) is 11.5. The van der Waals surface area contributed by atoms with E-state index < -0.39 is 0 Å². The normalized spacial score (nSPS) is 11.1. The molecule has 0 radical (unpaired) electrons. The number of rotatable bonds is 12. The summed E-state index contributed by atoms with van der Waals surface area (Å²) >= 11 is 0. The van der Waals surface area contributed by atoms with E-state index in [9.17, 15) is 4.79 Å². The highest BCUT2D eigenvalue weighted by Gasteiger charge is 1.99. The van der Waals surface area contributed by atoms with Gasteiger partial charge in [0.05, 0.1) is 12.5 Å². The molecule has 4 heteroatoms. The molecule has 0 aliphatic heterocycles. The molecule has 0 aromatic carbocycles. The number of unbranched alkanes of at least 4 members (excludes halogenated alkanes) is 8. The lowest BCUT2D eigenvalue weighted by molar-refractivity contribution is -0.121. The molecule has 0 bridgehead atoms. The minimum atomic E-state index is -0.0271. The van der Waals surface area contributed by atoms with Gasteiger partial charge in [-0.15, -0.1) is 0 Å². The van der Waals surface area contributed by atoms with Crippen LogP contribution in [0.25, 0.3) is 0 Å². The monoisotopic (exact) mass is 292 g/mol. The third-order valence-electron chi connectivity index (χ3n) is 3.43. The van der Waals surface area contributed by atoms with E-state index in [4.69, 9.17) is 4.42 Å². The summed E-state index contributed by atoms with van der Waals surface area (Å²) in [6.45, 7) is 2.24. The second-order valence-electron chi connectivity index (χ2n) is 5.39. The second-order valence-corrected chi connectivity index (χ2v) is 5.39. The first-order valence-electron chi connectivity index (χ1n) is 8.18. The number of furan rings is 1. The molecule has 21 heavy (non-hydrogen) atoms. The van der Waals surface area contributed by atoms with Crippen LogP contribution >= 0.6 is 0 Å². The highest BCUT2D eigenvalue weighted by Crippen LogP contribution is 2.10. The van der Waals surface area contributed by atoms with Crippen LogP contribution in [0.3, 0.4) is 0 Å². The van der Waals surface area contributed by atoms with E-state index in [1.165, 1.54) is 51.2 Å². The van der Waals surface area contributed by atoms with Crippen LogP contribution in [-0.2, 0) is 4.79 Å². The summed E-state index contributed by atoms with van der Waals surface area (Å²) in [5.41, 5.74) is 2.52. The lowest BCUT2D eigenvalue weighted by Crippen LogP contribution is -2.16. The number of carbonyl (C=O) groups is 1. The zero-order valence-electron chi connectivity index (χ0n) is 13.1. The molecule has 1 rings (SSSR count). The molecular weight excluding hydrogens is 264 g/mol. The van der Waals surface area contributed by atoms with Crippen molar-refractivity contribution in [3.05, 3.63) is 24.2 Å². The SMILES string of the molecule is CCCCCCCCCCCC(=O)N/N=C\c1ccco1. The third kappa shape index (κ3) is 9.88. The average Bonchev–Trinajstić information content (AvgIpc) is 2.99. The summed E-state index contributed by atoms with van der Waals surface area (Å²) in [6.07, 6.45) is 14.9. The summed E-state index contributed by atoms with van der Waals surface area (Å²) in [5, 5.41) is 3.85. The number of carbonyl (C=O) groups excluding carboxylic acids is 1. The number of hydrogen-bond acceptors (Lipinski definition) is 3. The van der Waals surface area contributed by atoms with Crippen LogP contribution in [0, 0.1) is 0 Å². The number of hydrogen-bond donors (Lipinski definition) is 1. The van der Waals surface area contributed by atoms with Crippen LogP contribution < -0.4 is 5.43 Å². The molecule has 118 valence electrons. The van der Waals surface area contributed by atoms with Crippen LogP contribution in [0.1, 0.15) is 76.9 Å². The zero-order valence-corrected chi connectivity index (χ0v) is 13.1. The van der Waals surface area contributed by atoms with E-state index in [0.29, 0.717) is 12.2 Å². The minimum Gasteiger partial charge on any atom is -0.463 e. The van der Waals surface area contributed by atoms with Gasteiger partial charge in [-0.3, -0.25) is 4.79 Å². The molecule has 1 amide bonds. The van der Waals surface area contributed by atoms with Crippen LogP contribution in [0.4, 0.5) is 0 Å². The van der Waals surface area contributed by atoms with Gasteiger partial charge in [0.1, 0.15) is 5.76 Å².